The number of ketones is 1. The first-order valence-corrected chi connectivity index (χ1v) is 16.0. The van der Waals surface area contributed by atoms with Crippen LogP contribution in [0.2, 0.25) is 5.02 Å². The third-order valence-corrected chi connectivity index (χ3v) is 7.99. The van der Waals surface area contributed by atoms with Crippen LogP contribution in [0.1, 0.15) is 47.2 Å². The average molecular weight is 744 g/mol. The number of alkyl halides is 3. The Kier molecular flexibility index (Phi) is 11.5. The molecule has 5 rings (SSSR count). The zero-order valence-electron chi connectivity index (χ0n) is 27.0. The van der Waals surface area contributed by atoms with Crippen molar-refractivity contribution in [3.05, 3.63) is 100 Å². The minimum Gasteiger partial charge on any atom is -0.480 e. The predicted molar refractivity (Wildman–Crippen MR) is 178 cm³/mol. The number of nitrogens with one attached hydrogen (secondary N) is 4. The van der Waals surface area contributed by atoms with E-state index in [0.29, 0.717) is 29.1 Å². The number of rotatable bonds is 16. The van der Waals surface area contributed by atoms with Gasteiger partial charge >= 0.3 is 18.2 Å². The number of ether oxygens (including phenoxy) is 1. The van der Waals surface area contributed by atoms with Gasteiger partial charge in [-0.3, -0.25) is 14.4 Å². The minimum absolute atomic E-state index is 0.0294. The first-order chi connectivity index (χ1) is 24.7. The van der Waals surface area contributed by atoms with Gasteiger partial charge in [0.05, 0.1) is 5.54 Å². The van der Waals surface area contributed by atoms with Gasteiger partial charge in [-0.25, -0.2) is 9.18 Å². The zero-order valence-corrected chi connectivity index (χ0v) is 27.7. The topological polar surface area (TPSA) is 185 Å². The summed E-state index contributed by atoms with van der Waals surface area (Å²) in [6.45, 7) is -1.76. The highest BCUT2D eigenvalue weighted by molar-refractivity contribution is 6.36. The predicted octanol–water partition coefficient (Wildman–Crippen LogP) is 5.30. The van der Waals surface area contributed by atoms with Crippen LogP contribution in [0.5, 0.6) is 6.01 Å². The maximum absolute atomic E-state index is 13.3. The maximum atomic E-state index is 13.3. The van der Waals surface area contributed by atoms with Crippen molar-refractivity contribution in [2.75, 3.05) is 17.2 Å². The molecule has 0 saturated heterocycles. The number of carbonyl (C=O) groups excluding carboxylic acids is 3. The molecule has 1 aliphatic carbocycles. The molecule has 1 atom stereocenters. The highest BCUT2D eigenvalue weighted by Crippen LogP contribution is 2.48. The van der Waals surface area contributed by atoms with E-state index in [1.54, 1.807) is 18.2 Å². The number of hydrogen-bond acceptors (Lipinski definition) is 10. The smallest absolute Gasteiger partial charge is 0.422 e. The number of hydrogen-bond donors (Lipinski definition) is 5. The molecule has 1 saturated carbocycles. The van der Waals surface area contributed by atoms with Gasteiger partial charge in [-0.15, -0.1) is 0 Å². The summed E-state index contributed by atoms with van der Waals surface area (Å²) in [5.74, 6) is -4.89. The molecule has 13 nitrogen and oxygen atoms in total. The van der Waals surface area contributed by atoms with Gasteiger partial charge in [0, 0.05) is 29.2 Å². The molecule has 1 heterocycles. The normalized spacial score (nSPS) is 13.7. The summed E-state index contributed by atoms with van der Waals surface area (Å²) in [4.78, 5) is 61.4. The van der Waals surface area contributed by atoms with Crippen LogP contribution in [0.3, 0.4) is 0 Å². The van der Waals surface area contributed by atoms with Gasteiger partial charge in [0.15, 0.2) is 6.61 Å². The Morgan fingerprint density at radius 2 is 1.63 bits per heavy atom. The Morgan fingerprint density at radius 3 is 2.27 bits per heavy atom. The number of Topliss-reactive ketones (excluding diaryl/α,β-unsaturated/α-hetero) is 1. The van der Waals surface area contributed by atoms with Crippen molar-refractivity contribution < 1.29 is 46.6 Å². The van der Waals surface area contributed by atoms with E-state index in [-0.39, 0.29) is 30.4 Å². The summed E-state index contributed by atoms with van der Waals surface area (Å²) in [5.41, 5.74) is 1.06. The fourth-order valence-electron chi connectivity index (χ4n) is 4.92. The highest BCUT2D eigenvalue weighted by atomic mass is 35.5. The first kappa shape index (κ1) is 37.4. The lowest BCUT2D eigenvalue weighted by molar-refractivity contribution is -0.154. The summed E-state index contributed by atoms with van der Waals surface area (Å²) >= 11 is 6.01. The second kappa shape index (κ2) is 16.0. The van der Waals surface area contributed by atoms with Crippen molar-refractivity contribution >= 4 is 52.8 Å². The summed E-state index contributed by atoms with van der Waals surface area (Å²) in [6, 6.07) is 15.9. The molecule has 0 unspecified atom stereocenters. The van der Waals surface area contributed by atoms with Crippen LogP contribution in [-0.2, 0) is 26.5 Å². The number of amides is 2. The van der Waals surface area contributed by atoms with E-state index in [2.05, 4.69) is 36.2 Å². The van der Waals surface area contributed by atoms with Crippen LogP contribution in [0.15, 0.2) is 72.8 Å². The number of benzene rings is 3. The molecule has 52 heavy (non-hydrogen) atoms. The third-order valence-electron chi connectivity index (χ3n) is 7.74. The molecule has 272 valence electrons. The Hall–Kier alpha value is -5.84. The number of aliphatic carboxylic acids is 1. The SMILES string of the molecule is O=C(CC[C@H](NC(=O)c1ccc(Nc2nc(NC3(c4ccc(Cl)cc4)CC3)nc(OCC(F)(F)F)n2)cc1)C(=O)O)C(=O)NCc1cccc(F)c1. The Morgan fingerprint density at radius 1 is 0.942 bits per heavy atom. The van der Waals surface area contributed by atoms with Crippen LogP contribution in [0.25, 0.3) is 0 Å². The monoisotopic (exact) mass is 743 g/mol. The van der Waals surface area contributed by atoms with Gasteiger partial charge in [0.1, 0.15) is 11.9 Å². The molecule has 1 fully saturated rings. The molecule has 5 N–H and O–H groups in total. The highest BCUT2D eigenvalue weighted by Gasteiger charge is 2.45. The van der Waals surface area contributed by atoms with Crippen LogP contribution in [-0.4, -0.2) is 62.5 Å². The van der Waals surface area contributed by atoms with E-state index in [0.717, 1.165) is 5.56 Å². The molecule has 1 aliphatic rings. The summed E-state index contributed by atoms with van der Waals surface area (Å²) < 4.78 is 56.9. The molecular weight excluding hydrogens is 714 g/mol. The molecule has 0 aliphatic heterocycles. The van der Waals surface area contributed by atoms with E-state index in [9.17, 15) is 41.8 Å². The maximum Gasteiger partial charge on any atom is 0.422 e. The van der Waals surface area contributed by atoms with Gasteiger partial charge in [-0.2, -0.15) is 28.1 Å². The van der Waals surface area contributed by atoms with Gasteiger partial charge in [0.25, 0.3) is 11.8 Å². The van der Waals surface area contributed by atoms with E-state index in [1.165, 1.54) is 42.5 Å². The van der Waals surface area contributed by atoms with Crippen molar-refractivity contribution in [2.24, 2.45) is 0 Å². The van der Waals surface area contributed by atoms with E-state index in [4.69, 9.17) is 16.3 Å². The lowest BCUT2D eigenvalue weighted by Crippen LogP contribution is -2.41. The zero-order chi connectivity index (χ0) is 37.5. The fraction of sp³-hybridized carbons (Fsp3) is 0.265. The van der Waals surface area contributed by atoms with Crippen molar-refractivity contribution in [1.29, 1.82) is 0 Å². The van der Waals surface area contributed by atoms with Crippen LogP contribution >= 0.6 is 11.6 Å². The van der Waals surface area contributed by atoms with Crippen LogP contribution in [0.4, 0.5) is 35.1 Å². The Labute approximate surface area is 298 Å². The second-order valence-corrected chi connectivity index (χ2v) is 12.2. The van der Waals surface area contributed by atoms with Gasteiger partial charge in [-0.1, -0.05) is 35.9 Å². The van der Waals surface area contributed by atoms with E-state index in [1.807, 2.05) is 12.1 Å². The number of aromatic nitrogens is 3. The molecule has 3 aromatic carbocycles. The van der Waals surface area contributed by atoms with Crippen molar-refractivity contribution in [1.82, 2.24) is 25.6 Å². The molecule has 4 aromatic rings. The molecule has 2 amide bonds. The number of carboxylic acids is 1. The van der Waals surface area contributed by atoms with E-state index < -0.39 is 66.2 Å². The van der Waals surface area contributed by atoms with Crippen molar-refractivity contribution in [2.45, 2.75) is 50.0 Å². The average Bonchev–Trinajstić information content (AvgIpc) is 3.88. The largest absolute Gasteiger partial charge is 0.480 e. The number of carboxylic acid groups (broad SMARTS) is 1. The molecule has 0 radical (unpaired) electrons. The number of halogens is 5. The lowest BCUT2D eigenvalue weighted by atomic mass is 10.1. The third kappa shape index (κ3) is 10.6. The summed E-state index contributed by atoms with van der Waals surface area (Å²) in [7, 11) is 0. The van der Waals surface area contributed by atoms with E-state index >= 15 is 0 Å². The minimum atomic E-state index is -4.65. The number of carbonyl (C=O) groups is 4. The van der Waals surface area contributed by atoms with Crippen LogP contribution < -0.4 is 26.0 Å². The van der Waals surface area contributed by atoms with Gasteiger partial charge in [-0.05, 0) is 78.9 Å². The molecule has 0 bridgehead atoms. The number of anilines is 3. The molecule has 1 aromatic heterocycles. The van der Waals surface area contributed by atoms with Crippen LogP contribution in [0, 0.1) is 5.82 Å². The summed E-state index contributed by atoms with van der Waals surface area (Å²) in [5, 5.41) is 20.8. The Bertz CT molecular complexity index is 1940. The molecular formula is C34H30ClF4N7O6. The lowest BCUT2D eigenvalue weighted by Gasteiger charge is -2.19. The molecule has 18 heteroatoms. The molecule has 0 spiro atoms. The Balaban J connectivity index is 1.20. The van der Waals surface area contributed by atoms with Gasteiger partial charge in [0.2, 0.25) is 17.7 Å². The standard InChI is InChI=1S/C34H30ClF4N7O6/c35-22-8-6-21(7-9-22)33(14-15-33)46-31-43-30(44-32(45-31)52-18-34(37,38)39)41-24-10-4-20(5-11-24)27(48)42-25(29(50)51)12-13-26(47)28(49)40-17-19-2-1-3-23(36)16-19/h1-11,16,25H,12-15,17-18H2,(H,40,49)(H,42,48)(H,50,51)(H2,41,43,44,45,46)/t25-/m0/s1. The first-order valence-electron chi connectivity index (χ1n) is 15.6. The van der Waals surface area contributed by atoms with Crippen molar-refractivity contribution in [3.63, 3.8) is 0 Å². The second-order valence-electron chi connectivity index (χ2n) is 11.7. The summed E-state index contributed by atoms with van der Waals surface area (Å²) in [6.07, 6.45) is -4.15. The number of nitrogens with zero attached hydrogens (tertiary/aromatic N) is 3. The fourth-order valence-corrected chi connectivity index (χ4v) is 5.05. The van der Waals surface area contributed by atoms with Crippen molar-refractivity contribution in [3.8, 4) is 6.01 Å². The quantitative estimate of drug-likeness (QED) is 0.0742. The van der Waals surface area contributed by atoms with Gasteiger partial charge < -0.3 is 31.1 Å².